The van der Waals surface area contributed by atoms with Crippen molar-refractivity contribution in [3.05, 3.63) is 60.8 Å². The lowest BCUT2D eigenvalue weighted by molar-refractivity contribution is -0.125. The maximum atomic E-state index is 13.0. The molecule has 0 saturated heterocycles. The fourth-order valence-corrected chi connectivity index (χ4v) is 4.11. The van der Waals surface area contributed by atoms with Gasteiger partial charge < -0.3 is 4.74 Å². The Labute approximate surface area is 163 Å². The van der Waals surface area contributed by atoms with E-state index in [9.17, 15) is 18.4 Å². The molecular weight excluding hydrogens is 380 g/mol. The van der Waals surface area contributed by atoms with Crippen LogP contribution in [0.4, 0.5) is 5.69 Å². The first-order valence-electron chi connectivity index (χ1n) is 8.45. The van der Waals surface area contributed by atoms with Crippen molar-refractivity contribution in [2.45, 2.75) is 23.5 Å². The number of anilines is 1. The number of sulfone groups is 1. The van der Waals surface area contributed by atoms with Gasteiger partial charge in [-0.15, -0.1) is 0 Å². The molecule has 0 radical (unpaired) electrons. The number of hydroxylamine groups is 1. The summed E-state index contributed by atoms with van der Waals surface area (Å²) in [5.41, 5.74) is 0.777. The first-order chi connectivity index (χ1) is 13.2. The maximum Gasteiger partial charge on any atom is 0.271 e. The topological polar surface area (TPSA) is 96.8 Å². The second-order valence-corrected chi connectivity index (χ2v) is 9.19. The van der Waals surface area contributed by atoms with E-state index in [0.717, 1.165) is 0 Å². The van der Waals surface area contributed by atoms with E-state index >= 15 is 0 Å². The fourth-order valence-electron chi connectivity index (χ4n) is 2.71. The number of hydrogen-bond donors (Lipinski definition) is 1. The van der Waals surface area contributed by atoms with E-state index in [1.54, 1.807) is 24.3 Å². The van der Waals surface area contributed by atoms with Crippen LogP contribution < -0.4 is 9.80 Å². The molecule has 1 heterocycles. The highest BCUT2D eigenvalue weighted by Crippen LogP contribution is 2.30. The standard InChI is InChI=1S/C20H20N2O5S/c1-20(2,28(25,26)17-10-8-16(27-3)9-11-17)19(23)22(24)15-12-14-6-4-5-7-18(14)21-13-15/h4-13,24H,1-3H3. The largest absolute Gasteiger partial charge is 0.497 e. The minimum absolute atomic E-state index is 0.0447. The second kappa shape index (κ2) is 7.21. The molecule has 3 aromatic rings. The molecule has 0 aliphatic rings. The van der Waals surface area contributed by atoms with Crippen LogP contribution in [0, 0.1) is 0 Å². The highest BCUT2D eigenvalue weighted by atomic mass is 32.2. The highest BCUT2D eigenvalue weighted by molar-refractivity contribution is 7.93. The van der Waals surface area contributed by atoms with Crippen LogP contribution in [0.15, 0.2) is 65.7 Å². The number of hydrogen-bond acceptors (Lipinski definition) is 6. The number of carbonyl (C=O) groups is 1. The number of amides is 1. The summed E-state index contributed by atoms with van der Waals surface area (Å²) in [6.07, 6.45) is 1.32. The minimum atomic E-state index is -4.09. The van der Waals surface area contributed by atoms with Crippen LogP contribution in [0.3, 0.4) is 0 Å². The predicted molar refractivity (Wildman–Crippen MR) is 105 cm³/mol. The number of rotatable bonds is 5. The maximum absolute atomic E-state index is 13.0. The summed E-state index contributed by atoms with van der Waals surface area (Å²) >= 11 is 0. The van der Waals surface area contributed by atoms with Gasteiger partial charge in [0, 0.05) is 5.39 Å². The number of benzene rings is 2. The lowest BCUT2D eigenvalue weighted by Gasteiger charge is -2.27. The van der Waals surface area contributed by atoms with Crippen molar-refractivity contribution in [1.29, 1.82) is 0 Å². The normalized spacial score (nSPS) is 12.0. The van der Waals surface area contributed by atoms with Crippen LogP contribution in [0.5, 0.6) is 5.75 Å². The molecule has 1 N–H and O–H groups in total. The Hall–Kier alpha value is -2.97. The molecule has 1 aromatic heterocycles. The molecule has 0 aliphatic heterocycles. The molecule has 0 atom stereocenters. The summed E-state index contributed by atoms with van der Waals surface area (Å²) in [4.78, 5) is 17.0. The van der Waals surface area contributed by atoms with Crippen molar-refractivity contribution in [2.24, 2.45) is 0 Å². The van der Waals surface area contributed by atoms with Crippen LogP contribution in [-0.4, -0.2) is 36.4 Å². The van der Waals surface area contributed by atoms with Gasteiger partial charge in [0.2, 0.25) is 0 Å². The van der Waals surface area contributed by atoms with Gasteiger partial charge in [-0.25, -0.2) is 8.42 Å². The summed E-state index contributed by atoms with van der Waals surface area (Å²) < 4.78 is 29.2. The highest BCUT2D eigenvalue weighted by Gasteiger charge is 2.45. The second-order valence-electron chi connectivity index (χ2n) is 6.69. The third-order valence-corrected chi connectivity index (χ3v) is 6.98. The average Bonchev–Trinajstić information content (AvgIpc) is 2.72. The van der Waals surface area contributed by atoms with Crippen LogP contribution in [0.2, 0.25) is 0 Å². The summed E-state index contributed by atoms with van der Waals surface area (Å²) in [7, 11) is -2.61. The van der Waals surface area contributed by atoms with E-state index in [0.29, 0.717) is 21.7 Å². The molecule has 0 bridgehead atoms. The number of fused-ring (bicyclic) bond motifs is 1. The minimum Gasteiger partial charge on any atom is -0.497 e. The molecule has 0 saturated carbocycles. The van der Waals surface area contributed by atoms with Crippen molar-refractivity contribution in [1.82, 2.24) is 4.98 Å². The van der Waals surface area contributed by atoms with Crippen LogP contribution in [-0.2, 0) is 14.6 Å². The molecule has 8 heteroatoms. The summed E-state index contributed by atoms with van der Waals surface area (Å²) in [6.45, 7) is 2.51. The van der Waals surface area contributed by atoms with Crippen LogP contribution >= 0.6 is 0 Å². The first-order valence-corrected chi connectivity index (χ1v) is 9.94. The van der Waals surface area contributed by atoms with E-state index in [2.05, 4.69) is 4.98 Å². The van der Waals surface area contributed by atoms with Crippen LogP contribution in [0.25, 0.3) is 10.9 Å². The van der Waals surface area contributed by atoms with Crippen molar-refractivity contribution in [3.63, 3.8) is 0 Å². The molecule has 7 nitrogen and oxygen atoms in total. The Morgan fingerprint density at radius 3 is 2.39 bits per heavy atom. The molecule has 0 fully saturated rings. The first kappa shape index (κ1) is 19.8. The lowest BCUT2D eigenvalue weighted by Crippen LogP contribution is -2.49. The zero-order valence-electron chi connectivity index (χ0n) is 15.7. The monoisotopic (exact) mass is 400 g/mol. The van der Waals surface area contributed by atoms with Gasteiger partial charge in [-0.2, -0.15) is 5.06 Å². The van der Waals surface area contributed by atoms with Gasteiger partial charge in [0.15, 0.2) is 14.6 Å². The van der Waals surface area contributed by atoms with Crippen molar-refractivity contribution >= 4 is 32.3 Å². The molecule has 3 rings (SSSR count). The Morgan fingerprint density at radius 2 is 1.75 bits per heavy atom. The van der Waals surface area contributed by atoms with E-state index in [4.69, 9.17) is 4.74 Å². The molecule has 0 spiro atoms. The Morgan fingerprint density at radius 1 is 1.11 bits per heavy atom. The van der Waals surface area contributed by atoms with Gasteiger partial charge in [0.05, 0.1) is 29.4 Å². The summed E-state index contributed by atoms with van der Waals surface area (Å²) in [5.74, 6) is -0.491. The zero-order chi connectivity index (χ0) is 20.5. The predicted octanol–water partition coefficient (Wildman–Crippen LogP) is 3.22. The lowest BCUT2D eigenvalue weighted by atomic mass is 10.1. The van der Waals surface area contributed by atoms with Crippen molar-refractivity contribution in [3.8, 4) is 5.75 Å². The zero-order valence-corrected chi connectivity index (χ0v) is 16.5. The molecule has 28 heavy (non-hydrogen) atoms. The average molecular weight is 400 g/mol. The van der Waals surface area contributed by atoms with Crippen molar-refractivity contribution in [2.75, 3.05) is 12.2 Å². The Bertz CT molecular complexity index is 1120. The van der Waals surface area contributed by atoms with Gasteiger partial charge in [0.25, 0.3) is 5.91 Å². The van der Waals surface area contributed by atoms with Gasteiger partial charge in [0.1, 0.15) is 5.75 Å². The van der Waals surface area contributed by atoms with Gasteiger partial charge >= 0.3 is 0 Å². The SMILES string of the molecule is COc1ccc(S(=O)(=O)C(C)(C)C(=O)N(O)c2cnc3ccccc3c2)cc1. The fraction of sp³-hybridized carbons (Fsp3) is 0.200. The van der Waals surface area contributed by atoms with Crippen molar-refractivity contribution < 1.29 is 23.2 Å². The third kappa shape index (κ3) is 3.32. The number of ether oxygens (including phenoxy) is 1. The summed E-state index contributed by atoms with van der Waals surface area (Å²) in [6, 6.07) is 14.5. The quantitative estimate of drug-likeness (QED) is 0.522. The number of aromatic nitrogens is 1. The van der Waals surface area contributed by atoms with Crippen LogP contribution in [0.1, 0.15) is 13.8 Å². The Kier molecular flexibility index (Phi) is 5.10. The smallest absolute Gasteiger partial charge is 0.271 e. The van der Waals surface area contributed by atoms with E-state index in [1.807, 2.05) is 6.07 Å². The number of methoxy groups -OCH3 is 1. The third-order valence-electron chi connectivity index (χ3n) is 4.57. The van der Waals surface area contributed by atoms with Gasteiger partial charge in [-0.3, -0.25) is 15.0 Å². The van der Waals surface area contributed by atoms with Gasteiger partial charge in [-0.05, 0) is 50.2 Å². The molecule has 0 aliphatic carbocycles. The molecule has 0 unspecified atom stereocenters. The van der Waals surface area contributed by atoms with E-state index < -0.39 is 20.5 Å². The molecule has 2 aromatic carbocycles. The summed E-state index contributed by atoms with van der Waals surface area (Å²) in [5, 5.41) is 11.5. The number of carbonyl (C=O) groups excluding carboxylic acids is 1. The van der Waals surface area contributed by atoms with E-state index in [-0.39, 0.29) is 10.6 Å². The number of pyridine rings is 1. The number of para-hydroxylation sites is 1. The Balaban J connectivity index is 1.95. The van der Waals surface area contributed by atoms with E-state index in [1.165, 1.54) is 51.4 Å². The van der Waals surface area contributed by atoms with Gasteiger partial charge in [-0.1, -0.05) is 18.2 Å². The molecule has 1 amide bonds. The number of nitrogens with zero attached hydrogens (tertiary/aromatic N) is 2. The molecule has 146 valence electrons. The molecular formula is C20H20N2O5S.